The predicted molar refractivity (Wildman–Crippen MR) is 82.2 cm³/mol. The van der Waals surface area contributed by atoms with Gasteiger partial charge < -0.3 is 5.11 Å². The molecule has 0 atom stereocenters. The van der Waals surface area contributed by atoms with Gasteiger partial charge in [-0.3, -0.25) is 9.36 Å². The van der Waals surface area contributed by atoms with E-state index in [0.717, 1.165) is 9.95 Å². The molecule has 1 aromatic heterocycles. The number of aliphatic carboxylic acids is 1. The van der Waals surface area contributed by atoms with Crippen LogP contribution in [0, 0.1) is 0 Å². The lowest BCUT2D eigenvalue weighted by molar-refractivity contribution is -0.146. The van der Waals surface area contributed by atoms with E-state index in [0.29, 0.717) is 17.1 Å². The highest BCUT2D eigenvalue weighted by atomic mass is 32.2. The summed E-state index contributed by atoms with van der Waals surface area (Å²) >= 11 is 0.685. The first kappa shape index (κ1) is 16.3. The van der Waals surface area contributed by atoms with E-state index in [1.807, 2.05) is 0 Å². The Hall–Kier alpha value is -2.55. The first-order valence-corrected chi connectivity index (χ1v) is 7.72. The molecule has 0 saturated heterocycles. The SMILES string of the molecule is O=C(O)CSc1nnc(C(F)(F)F)n1-c1cccc2ccccc12. The van der Waals surface area contributed by atoms with Crippen molar-refractivity contribution in [2.45, 2.75) is 11.3 Å². The molecule has 24 heavy (non-hydrogen) atoms. The molecule has 9 heteroatoms. The van der Waals surface area contributed by atoms with Gasteiger partial charge in [0, 0.05) is 5.39 Å². The van der Waals surface area contributed by atoms with Crippen molar-refractivity contribution in [1.29, 1.82) is 0 Å². The van der Waals surface area contributed by atoms with Crippen LogP contribution in [0.5, 0.6) is 0 Å². The topological polar surface area (TPSA) is 68.0 Å². The molecule has 1 heterocycles. The highest BCUT2D eigenvalue weighted by Crippen LogP contribution is 2.35. The van der Waals surface area contributed by atoms with Crippen molar-refractivity contribution >= 4 is 28.5 Å². The lowest BCUT2D eigenvalue weighted by atomic mass is 10.1. The number of hydrogen-bond donors (Lipinski definition) is 1. The minimum Gasteiger partial charge on any atom is -0.481 e. The van der Waals surface area contributed by atoms with Crippen LogP contribution in [0.4, 0.5) is 13.2 Å². The number of benzene rings is 2. The summed E-state index contributed by atoms with van der Waals surface area (Å²) in [6.45, 7) is 0. The first-order valence-electron chi connectivity index (χ1n) is 6.73. The monoisotopic (exact) mass is 353 g/mol. The number of hydrogen-bond acceptors (Lipinski definition) is 4. The Morgan fingerprint density at radius 1 is 1.12 bits per heavy atom. The molecule has 0 amide bonds. The van der Waals surface area contributed by atoms with Crippen LogP contribution < -0.4 is 0 Å². The summed E-state index contributed by atoms with van der Waals surface area (Å²) in [6, 6.07) is 11.9. The second-order valence-electron chi connectivity index (χ2n) is 4.82. The van der Waals surface area contributed by atoms with E-state index in [1.165, 1.54) is 6.07 Å². The lowest BCUT2D eigenvalue weighted by Gasteiger charge is -2.14. The molecule has 0 aliphatic heterocycles. The Morgan fingerprint density at radius 3 is 2.54 bits per heavy atom. The number of aromatic nitrogens is 3. The summed E-state index contributed by atoms with van der Waals surface area (Å²) < 4.78 is 40.7. The zero-order chi connectivity index (χ0) is 17.3. The molecule has 0 fully saturated rings. The molecule has 0 saturated carbocycles. The molecular formula is C15H10F3N3O2S. The second kappa shape index (κ2) is 6.16. The number of thioether (sulfide) groups is 1. The molecule has 0 unspecified atom stereocenters. The highest BCUT2D eigenvalue weighted by Gasteiger charge is 2.39. The summed E-state index contributed by atoms with van der Waals surface area (Å²) in [7, 11) is 0. The van der Waals surface area contributed by atoms with E-state index in [1.54, 1.807) is 36.4 Å². The Balaban J connectivity index is 2.23. The van der Waals surface area contributed by atoms with E-state index >= 15 is 0 Å². The summed E-state index contributed by atoms with van der Waals surface area (Å²) in [6.07, 6.45) is -4.72. The Morgan fingerprint density at radius 2 is 1.83 bits per heavy atom. The van der Waals surface area contributed by atoms with Gasteiger partial charge in [0.15, 0.2) is 5.16 Å². The Labute approximate surface area is 138 Å². The molecule has 0 aliphatic carbocycles. The van der Waals surface area contributed by atoms with Gasteiger partial charge in [-0.25, -0.2) is 0 Å². The van der Waals surface area contributed by atoms with Crippen LogP contribution in [0.1, 0.15) is 5.82 Å². The van der Waals surface area contributed by atoms with Gasteiger partial charge >= 0.3 is 12.1 Å². The molecule has 0 spiro atoms. The Kier molecular flexibility index (Phi) is 4.18. The van der Waals surface area contributed by atoms with E-state index in [4.69, 9.17) is 5.11 Å². The largest absolute Gasteiger partial charge is 0.481 e. The van der Waals surface area contributed by atoms with E-state index in [2.05, 4.69) is 10.2 Å². The van der Waals surface area contributed by atoms with Crippen molar-refractivity contribution in [1.82, 2.24) is 14.8 Å². The van der Waals surface area contributed by atoms with Gasteiger partial charge in [0.25, 0.3) is 0 Å². The van der Waals surface area contributed by atoms with Gasteiger partial charge in [0.2, 0.25) is 5.82 Å². The van der Waals surface area contributed by atoms with Gasteiger partial charge in [0.1, 0.15) is 0 Å². The van der Waals surface area contributed by atoms with Crippen LogP contribution in [0.15, 0.2) is 47.6 Å². The number of carboxylic acid groups (broad SMARTS) is 1. The fourth-order valence-corrected chi connectivity index (χ4v) is 2.96. The number of halogens is 3. The predicted octanol–water partition coefficient (Wildman–Crippen LogP) is 3.62. The lowest BCUT2D eigenvalue weighted by Crippen LogP contribution is -2.15. The maximum absolute atomic E-state index is 13.3. The van der Waals surface area contributed by atoms with Crippen molar-refractivity contribution in [2.24, 2.45) is 0 Å². The molecule has 5 nitrogen and oxygen atoms in total. The van der Waals surface area contributed by atoms with Crippen LogP contribution in [0.25, 0.3) is 16.5 Å². The van der Waals surface area contributed by atoms with Crippen molar-refractivity contribution in [3.63, 3.8) is 0 Å². The second-order valence-corrected chi connectivity index (χ2v) is 5.76. The molecule has 0 radical (unpaired) electrons. The number of carboxylic acids is 1. The summed E-state index contributed by atoms with van der Waals surface area (Å²) in [5.74, 6) is -2.76. The number of rotatable bonds is 4. The quantitative estimate of drug-likeness (QED) is 0.726. The van der Waals surface area contributed by atoms with Gasteiger partial charge in [0.05, 0.1) is 11.4 Å². The smallest absolute Gasteiger partial charge is 0.452 e. The van der Waals surface area contributed by atoms with Gasteiger partial charge in [-0.15, -0.1) is 10.2 Å². The fraction of sp³-hybridized carbons (Fsp3) is 0.133. The molecule has 0 aliphatic rings. The average molecular weight is 353 g/mol. The van der Waals surface area contributed by atoms with Crippen LogP contribution in [-0.4, -0.2) is 31.6 Å². The molecule has 2 aromatic carbocycles. The van der Waals surface area contributed by atoms with Gasteiger partial charge in [-0.1, -0.05) is 48.2 Å². The average Bonchev–Trinajstić information content (AvgIpc) is 2.96. The summed E-state index contributed by atoms with van der Waals surface area (Å²) in [4.78, 5) is 10.7. The maximum atomic E-state index is 13.3. The van der Waals surface area contributed by atoms with Crippen molar-refractivity contribution in [3.05, 3.63) is 48.3 Å². The normalized spacial score (nSPS) is 11.8. The highest BCUT2D eigenvalue weighted by molar-refractivity contribution is 7.99. The summed E-state index contributed by atoms with van der Waals surface area (Å²) in [5, 5.41) is 16.7. The van der Waals surface area contributed by atoms with Crippen molar-refractivity contribution in [3.8, 4) is 5.69 Å². The molecule has 124 valence electrons. The first-order chi connectivity index (χ1) is 11.4. The third-order valence-corrected chi connectivity index (χ3v) is 4.13. The zero-order valence-corrected chi connectivity index (χ0v) is 12.8. The number of alkyl halides is 3. The van der Waals surface area contributed by atoms with Crippen molar-refractivity contribution < 1.29 is 23.1 Å². The van der Waals surface area contributed by atoms with Gasteiger partial charge in [-0.05, 0) is 11.5 Å². The van der Waals surface area contributed by atoms with E-state index in [-0.39, 0.29) is 10.8 Å². The number of nitrogens with zero attached hydrogens (tertiary/aromatic N) is 3. The maximum Gasteiger partial charge on any atom is 0.452 e. The molecule has 0 bridgehead atoms. The van der Waals surface area contributed by atoms with E-state index in [9.17, 15) is 18.0 Å². The van der Waals surface area contributed by atoms with Crippen LogP contribution in [0.3, 0.4) is 0 Å². The molecule has 1 N–H and O–H groups in total. The van der Waals surface area contributed by atoms with Crippen LogP contribution in [0.2, 0.25) is 0 Å². The number of carbonyl (C=O) groups is 1. The Bertz CT molecular complexity index is 903. The minimum atomic E-state index is -4.72. The van der Waals surface area contributed by atoms with Gasteiger partial charge in [-0.2, -0.15) is 13.2 Å². The molecular weight excluding hydrogens is 343 g/mol. The number of fused-ring (bicyclic) bond motifs is 1. The fourth-order valence-electron chi connectivity index (χ4n) is 2.29. The minimum absolute atomic E-state index is 0.124. The van der Waals surface area contributed by atoms with Crippen LogP contribution in [-0.2, 0) is 11.0 Å². The zero-order valence-electron chi connectivity index (χ0n) is 12.0. The van der Waals surface area contributed by atoms with Crippen molar-refractivity contribution in [2.75, 3.05) is 5.75 Å². The summed E-state index contributed by atoms with van der Waals surface area (Å²) in [5.41, 5.74) is 0.248. The molecule has 3 aromatic rings. The van der Waals surface area contributed by atoms with Crippen LogP contribution >= 0.6 is 11.8 Å². The molecule has 3 rings (SSSR count). The third-order valence-electron chi connectivity index (χ3n) is 3.22. The third kappa shape index (κ3) is 3.07. The standard InChI is InChI=1S/C15H10F3N3O2S/c16-15(17,18)13-19-20-14(24-8-12(22)23)21(13)11-7-3-5-9-4-1-2-6-10(9)11/h1-7H,8H2,(H,22,23). The van der Waals surface area contributed by atoms with E-state index < -0.39 is 23.7 Å².